The molecule has 1 aromatic carbocycles. The molecule has 0 aliphatic carbocycles. The van der Waals surface area contributed by atoms with Gasteiger partial charge in [-0.3, -0.25) is 4.79 Å². The largest absolute Gasteiger partial charge is 0.490 e. The fourth-order valence-corrected chi connectivity index (χ4v) is 2.56. The van der Waals surface area contributed by atoms with Gasteiger partial charge in [0.15, 0.2) is 11.5 Å². The van der Waals surface area contributed by atoms with Crippen molar-refractivity contribution < 1.29 is 14.3 Å². The molecule has 0 amide bonds. The lowest BCUT2D eigenvalue weighted by Crippen LogP contribution is -1.99. The average Bonchev–Trinajstić information content (AvgIpc) is 2.83. The maximum atomic E-state index is 10.7. The summed E-state index contributed by atoms with van der Waals surface area (Å²) in [5, 5.41) is 0. The van der Waals surface area contributed by atoms with Gasteiger partial charge < -0.3 is 9.47 Å². The van der Waals surface area contributed by atoms with Crippen LogP contribution in [-0.4, -0.2) is 12.9 Å². The summed E-state index contributed by atoms with van der Waals surface area (Å²) in [4.78, 5) is 11.8. The standard InChI is InChI=1S/C14H13ClO3S/c1-2-17-13-7-10(8-16)3-5-12(13)18-9-11-4-6-14(15)19-11/h3-8H,2,9H2,1H3. The van der Waals surface area contributed by atoms with E-state index in [2.05, 4.69) is 0 Å². The van der Waals surface area contributed by atoms with Crippen molar-refractivity contribution in [1.82, 2.24) is 0 Å². The molecular weight excluding hydrogens is 284 g/mol. The van der Waals surface area contributed by atoms with Crippen LogP contribution in [0.25, 0.3) is 0 Å². The van der Waals surface area contributed by atoms with Crippen LogP contribution in [0.3, 0.4) is 0 Å². The molecule has 0 N–H and O–H groups in total. The van der Waals surface area contributed by atoms with Crippen molar-refractivity contribution in [3.05, 3.63) is 45.1 Å². The molecule has 2 rings (SSSR count). The molecule has 100 valence electrons. The molecule has 2 aromatic rings. The van der Waals surface area contributed by atoms with Crippen molar-refractivity contribution in [2.45, 2.75) is 13.5 Å². The van der Waals surface area contributed by atoms with Crippen LogP contribution >= 0.6 is 22.9 Å². The van der Waals surface area contributed by atoms with E-state index in [9.17, 15) is 4.79 Å². The van der Waals surface area contributed by atoms with E-state index in [1.54, 1.807) is 18.2 Å². The van der Waals surface area contributed by atoms with Crippen LogP contribution in [0.15, 0.2) is 30.3 Å². The van der Waals surface area contributed by atoms with Crippen LogP contribution in [0.5, 0.6) is 11.5 Å². The van der Waals surface area contributed by atoms with Gasteiger partial charge in [0.05, 0.1) is 10.9 Å². The van der Waals surface area contributed by atoms with Crippen LogP contribution in [0.2, 0.25) is 4.34 Å². The molecule has 3 nitrogen and oxygen atoms in total. The van der Waals surface area contributed by atoms with E-state index < -0.39 is 0 Å². The Morgan fingerprint density at radius 3 is 2.68 bits per heavy atom. The van der Waals surface area contributed by atoms with E-state index in [4.69, 9.17) is 21.1 Å². The first-order chi connectivity index (χ1) is 9.22. The van der Waals surface area contributed by atoms with E-state index in [-0.39, 0.29) is 0 Å². The van der Waals surface area contributed by atoms with Crippen LogP contribution < -0.4 is 9.47 Å². The number of rotatable bonds is 6. The van der Waals surface area contributed by atoms with Crippen LogP contribution in [0, 0.1) is 0 Å². The van der Waals surface area contributed by atoms with Gasteiger partial charge in [0, 0.05) is 10.4 Å². The van der Waals surface area contributed by atoms with Gasteiger partial charge in [-0.2, -0.15) is 0 Å². The fraction of sp³-hybridized carbons (Fsp3) is 0.214. The normalized spacial score (nSPS) is 10.2. The second-order valence-corrected chi connectivity index (χ2v) is 5.55. The summed E-state index contributed by atoms with van der Waals surface area (Å²) < 4.78 is 11.9. The van der Waals surface area contributed by atoms with Crippen molar-refractivity contribution in [2.75, 3.05) is 6.61 Å². The maximum absolute atomic E-state index is 10.7. The molecule has 1 aromatic heterocycles. The SMILES string of the molecule is CCOc1cc(C=O)ccc1OCc1ccc(Cl)s1. The number of benzene rings is 1. The molecule has 0 saturated carbocycles. The molecule has 0 fully saturated rings. The smallest absolute Gasteiger partial charge is 0.161 e. The van der Waals surface area contributed by atoms with Crippen molar-refractivity contribution in [3.8, 4) is 11.5 Å². The van der Waals surface area contributed by atoms with Gasteiger partial charge in [-0.25, -0.2) is 0 Å². The first-order valence-electron chi connectivity index (χ1n) is 5.82. The number of aldehydes is 1. The average molecular weight is 297 g/mol. The van der Waals surface area contributed by atoms with E-state index in [1.165, 1.54) is 11.3 Å². The Balaban J connectivity index is 2.12. The predicted octanol–water partition coefficient (Wildman–Crippen LogP) is 4.19. The lowest BCUT2D eigenvalue weighted by molar-refractivity contribution is 0.112. The molecule has 0 aliphatic rings. The minimum absolute atomic E-state index is 0.428. The Morgan fingerprint density at radius 1 is 1.21 bits per heavy atom. The molecule has 0 radical (unpaired) electrons. The van der Waals surface area contributed by atoms with Gasteiger partial charge in [-0.15, -0.1) is 11.3 Å². The number of halogens is 1. The highest BCUT2D eigenvalue weighted by Gasteiger charge is 2.07. The summed E-state index contributed by atoms with van der Waals surface area (Å²) in [6, 6.07) is 8.88. The zero-order chi connectivity index (χ0) is 13.7. The zero-order valence-electron chi connectivity index (χ0n) is 10.4. The highest BCUT2D eigenvalue weighted by atomic mass is 35.5. The highest BCUT2D eigenvalue weighted by Crippen LogP contribution is 2.30. The highest BCUT2D eigenvalue weighted by molar-refractivity contribution is 7.16. The number of ether oxygens (including phenoxy) is 2. The number of carbonyl (C=O) groups is 1. The predicted molar refractivity (Wildman–Crippen MR) is 76.7 cm³/mol. The topological polar surface area (TPSA) is 35.5 Å². The van der Waals surface area contributed by atoms with E-state index in [1.807, 2.05) is 19.1 Å². The Kier molecular flexibility index (Phi) is 4.82. The Hall–Kier alpha value is -1.52. The van der Waals surface area contributed by atoms with Gasteiger partial charge >= 0.3 is 0 Å². The second-order valence-electron chi connectivity index (χ2n) is 3.75. The third-order valence-corrected chi connectivity index (χ3v) is 3.61. The van der Waals surface area contributed by atoms with Gasteiger partial charge in [0.2, 0.25) is 0 Å². The fourth-order valence-electron chi connectivity index (χ4n) is 1.56. The van der Waals surface area contributed by atoms with Crippen LogP contribution in [0.1, 0.15) is 22.2 Å². The molecule has 5 heteroatoms. The third kappa shape index (κ3) is 3.72. The summed E-state index contributed by atoms with van der Waals surface area (Å²) in [6.07, 6.45) is 0.783. The van der Waals surface area contributed by atoms with Crippen LogP contribution in [-0.2, 0) is 6.61 Å². The van der Waals surface area contributed by atoms with Crippen molar-refractivity contribution in [2.24, 2.45) is 0 Å². The zero-order valence-corrected chi connectivity index (χ0v) is 12.0. The first-order valence-corrected chi connectivity index (χ1v) is 7.01. The Morgan fingerprint density at radius 2 is 2.05 bits per heavy atom. The van der Waals surface area contributed by atoms with Gasteiger partial charge in [0.1, 0.15) is 12.9 Å². The maximum Gasteiger partial charge on any atom is 0.161 e. The lowest BCUT2D eigenvalue weighted by atomic mass is 10.2. The first kappa shape index (κ1) is 13.9. The molecule has 0 unspecified atom stereocenters. The Labute approximate surface area is 120 Å². The van der Waals surface area contributed by atoms with Gasteiger partial charge in [-0.1, -0.05) is 11.6 Å². The number of hydrogen-bond acceptors (Lipinski definition) is 4. The van der Waals surface area contributed by atoms with Crippen molar-refractivity contribution in [3.63, 3.8) is 0 Å². The molecular formula is C14H13ClO3S. The molecule has 19 heavy (non-hydrogen) atoms. The summed E-state index contributed by atoms with van der Waals surface area (Å²) in [5.41, 5.74) is 0.565. The molecule has 0 spiro atoms. The van der Waals surface area contributed by atoms with E-state index in [0.717, 1.165) is 15.5 Å². The summed E-state index contributed by atoms with van der Waals surface area (Å²) in [7, 11) is 0. The minimum atomic E-state index is 0.428. The number of hydrogen-bond donors (Lipinski definition) is 0. The summed E-state index contributed by atoms with van der Waals surface area (Å²) in [5.74, 6) is 1.20. The lowest BCUT2D eigenvalue weighted by Gasteiger charge is -2.11. The Bertz CT molecular complexity index is 566. The van der Waals surface area contributed by atoms with E-state index in [0.29, 0.717) is 30.3 Å². The molecule has 0 atom stereocenters. The molecule has 0 aliphatic heterocycles. The monoisotopic (exact) mass is 296 g/mol. The minimum Gasteiger partial charge on any atom is -0.490 e. The van der Waals surface area contributed by atoms with Gasteiger partial charge in [0.25, 0.3) is 0 Å². The van der Waals surface area contributed by atoms with E-state index >= 15 is 0 Å². The third-order valence-electron chi connectivity index (χ3n) is 2.40. The molecule has 0 bridgehead atoms. The number of carbonyl (C=O) groups excluding carboxylic acids is 1. The second kappa shape index (κ2) is 6.59. The summed E-state index contributed by atoms with van der Waals surface area (Å²) in [6.45, 7) is 2.83. The number of thiophene rings is 1. The summed E-state index contributed by atoms with van der Waals surface area (Å²) >= 11 is 7.34. The van der Waals surface area contributed by atoms with Crippen LogP contribution in [0.4, 0.5) is 0 Å². The quantitative estimate of drug-likeness (QED) is 0.750. The van der Waals surface area contributed by atoms with Crippen molar-refractivity contribution >= 4 is 29.2 Å². The molecule has 1 heterocycles. The molecule has 0 saturated heterocycles. The van der Waals surface area contributed by atoms with Crippen molar-refractivity contribution in [1.29, 1.82) is 0 Å². The van der Waals surface area contributed by atoms with Gasteiger partial charge in [-0.05, 0) is 37.3 Å².